The highest BCUT2D eigenvalue weighted by Crippen LogP contribution is 1.85. The zero-order valence-corrected chi connectivity index (χ0v) is 5.90. The van der Waals surface area contributed by atoms with E-state index in [0.717, 1.165) is 12.2 Å². The van der Waals surface area contributed by atoms with Crippen molar-refractivity contribution in [3.63, 3.8) is 0 Å². The molecule has 0 fully saturated rings. The Kier molecular flexibility index (Phi) is 1.89. The number of hydrogen-bond acceptors (Lipinski definition) is 3. The Labute approximate surface area is 58.2 Å². The van der Waals surface area contributed by atoms with Crippen LogP contribution in [-0.2, 0) is 6.42 Å². The first-order valence-corrected chi connectivity index (χ1v) is 3.14. The molecule has 0 saturated heterocycles. The Morgan fingerprint density at radius 2 is 2.44 bits per heavy atom. The van der Waals surface area contributed by atoms with Crippen molar-refractivity contribution in [2.45, 2.75) is 13.3 Å². The van der Waals surface area contributed by atoms with Crippen LogP contribution >= 0.6 is 12.2 Å². The van der Waals surface area contributed by atoms with E-state index in [-0.39, 0.29) is 0 Å². The molecule has 0 aliphatic heterocycles. The van der Waals surface area contributed by atoms with Crippen LogP contribution in [0.1, 0.15) is 12.7 Å². The van der Waals surface area contributed by atoms with Gasteiger partial charge in [0, 0.05) is 6.42 Å². The minimum Gasteiger partial charge on any atom is -0.319 e. The van der Waals surface area contributed by atoms with E-state index < -0.39 is 0 Å². The lowest BCUT2D eigenvalue weighted by Gasteiger charge is -1.90. The van der Waals surface area contributed by atoms with Crippen molar-refractivity contribution in [2.24, 2.45) is 0 Å². The van der Waals surface area contributed by atoms with Gasteiger partial charge in [-0.05, 0) is 12.2 Å². The van der Waals surface area contributed by atoms with Gasteiger partial charge < -0.3 is 4.98 Å². The van der Waals surface area contributed by atoms with Crippen molar-refractivity contribution in [1.29, 1.82) is 0 Å². The smallest absolute Gasteiger partial charge is 0.199 e. The molecule has 0 aromatic carbocycles. The Bertz CT molecular complexity index is 242. The standard InChI is InChI=1S/C5H7N3S/c1-2-4-6-3-7-5(9)8-4/h3H,2H2,1H3,(H,6,7,8,9). The van der Waals surface area contributed by atoms with Crippen LogP contribution in [-0.4, -0.2) is 15.0 Å². The van der Waals surface area contributed by atoms with Gasteiger partial charge in [0.15, 0.2) is 4.77 Å². The molecule has 0 spiro atoms. The number of hydrogen-bond donors (Lipinski definition) is 1. The van der Waals surface area contributed by atoms with E-state index in [0.29, 0.717) is 4.77 Å². The predicted molar refractivity (Wildman–Crippen MR) is 36.6 cm³/mol. The number of aromatic amines is 1. The maximum atomic E-state index is 4.76. The van der Waals surface area contributed by atoms with E-state index >= 15 is 0 Å². The highest BCUT2D eigenvalue weighted by atomic mass is 32.1. The van der Waals surface area contributed by atoms with Crippen molar-refractivity contribution >= 4 is 12.2 Å². The first kappa shape index (κ1) is 6.35. The zero-order valence-electron chi connectivity index (χ0n) is 5.09. The minimum absolute atomic E-state index is 0.502. The third kappa shape index (κ3) is 1.57. The summed E-state index contributed by atoms with van der Waals surface area (Å²) in [6.45, 7) is 2.01. The highest BCUT2D eigenvalue weighted by molar-refractivity contribution is 7.71. The molecule has 9 heavy (non-hydrogen) atoms. The third-order valence-electron chi connectivity index (χ3n) is 0.975. The zero-order chi connectivity index (χ0) is 6.69. The molecule has 0 atom stereocenters. The van der Waals surface area contributed by atoms with E-state index in [9.17, 15) is 0 Å². The predicted octanol–water partition coefficient (Wildman–Crippen LogP) is 1.10. The van der Waals surface area contributed by atoms with Gasteiger partial charge in [0.25, 0.3) is 0 Å². The monoisotopic (exact) mass is 141 g/mol. The molecule has 1 aromatic rings. The Morgan fingerprint density at radius 3 is 2.89 bits per heavy atom. The third-order valence-corrected chi connectivity index (χ3v) is 1.18. The van der Waals surface area contributed by atoms with E-state index in [1.807, 2.05) is 6.92 Å². The van der Waals surface area contributed by atoms with Gasteiger partial charge in [-0.3, -0.25) is 0 Å². The molecule has 1 aromatic heterocycles. The van der Waals surface area contributed by atoms with Gasteiger partial charge in [0.05, 0.1) is 0 Å². The normalized spacial score (nSPS) is 9.44. The highest BCUT2D eigenvalue weighted by Gasteiger charge is 1.85. The Hall–Kier alpha value is -0.770. The first-order chi connectivity index (χ1) is 4.33. The second-order valence-corrected chi connectivity index (χ2v) is 1.99. The van der Waals surface area contributed by atoms with E-state index in [1.54, 1.807) is 0 Å². The number of H-pyrrole nitrogens is 1. The van der Waals surface area contributed by atoms with Gasteiger partial charge in [-0.1, -0.05) is 6.92 Å². The van der Waals surface area contributed by atoms with Gasteiger partial charge in [0.1, 0.15) is 12.2 Å². The van der Waals surface area contributed by atoms with Crippen molar-refractivity contribution in [2.75, 3.05) is 0 Å². The molecule has 48 valence electrons. The van der Waals surface area contributed by atoms with Crippen LogP contribution < -0.4 is 0 Å². The van der Waals surface area contributed by atoms with Crippen LogP contribution in [0.15, 0.2) is 6.33 Å². The fourth-order valence-corrected chi connectivity index (χ4v) is 0.684. The number of rotatable bonds is 1. The molecule has 3 nitrogen and oxygen atoms in total. The van der Waals surface area contributed by atoms with Gasteiger partial charge in [0.2, 0.25) is 0 Å². The number of nitrogens with zero attached hydrogens (tertiary/aromatic N) is 2. The lowest BCUT2D eigenvalue weighted by molar-refractivity contribution is 0.885. The van der Waals surface area contributed by atoms with Gasteiger partial charge >= 0.3 is 0 Å². The molecule has 0 saturated carbocycles. The average Bonchev–Trinajstić information content (AvgIpc) is 1.88. The Morgan fingerprint density at radius 1 is 1.67 bits per heavy atom. The molecule has 0 bridgehead atoms. The quantitative estimate of drug-likeness (QED) is 0.595. The van der Waals surface area contributed by atoms with Crippen LogP contribution in [0, 0.1) is 4.77 Å². The summed E-state index contributed by atoms with van der Waals surface area (Å²) in [4.78, 5) is 10.5. The lowest BCUT2D eigenvalue weighted by Crippen LogP contribution is -1.92. The maximum Gasteiger partial charge on any atom is 0.199 e. The molecular formula is C5H7N3S. The molecule has 0 unspecified atom stereocenters. The molecule has 1 rings (SSSR count). The van der Waals surface area contributed by atoms with E-state index in [2.05, 4.69) is 15.0 Å². The van der Waals surface area contributed by atoms with Gasteiger partial charge in [-0.15, -0.1) is 0 Å². The minimum atomic E-state index is 0.502. The fourth-order valence-electron chi connectivity index (χ4n) is 0.519. The summed E-state index contributed by atoms with van der Waals surface area (Å²) in [5, 5.41) is 0. The molecule has 1 heterocycles. The fraction of sp³-hybridized carbons (Fsp3) is 0.400. The van der Waals surface area contributed by atoms with Crippen molar-refractivity contribution in [3.8, 4) is 0 Å². The largest absolute Gasteiger partial charge is 0.319 e. The van der Waals surface area contributed by atoms with Crippen LogP contribution in [0.4, 0.5) is 0 Å². The van der Waals surface area contributed by atoms with Crippen LogP contribution in [0.25, 0.3) is 0 Å². The number of nitrogens with one attached hydrogen (secondary N) is 1. The van der Waals surface area contributed by atoms with Gasteiger partial charge in [-0.25, -0.2) is 9.97 Å². The second-order valence-electron chi connectivity index (χ2n) is 1.60. The number of aromatic nitrogens is 3. The molecule has 1 N–H and O–H groups in total. The lowest BCUT2D eigenvalue weighted by atomic mass is 10.5. The maximum absolute atomic E-state index is 4.76. The summed E-state index contributed by atoms with van der Waals surface area (Å²) >= 11 is 4.76. The number of aryl methyl sites for hydroxylation is 1. The SMILES string of the molecule is CCc1ncnc(=S)[nH]1. The summed E-state index contributed by atoms with van der Waals surface area (Å²) in [6, 6.07) is 0. The summed E-state index contributed by atoms with van der Waals surface area (Å²) in [7, 11) is 0. The van der Waals surface area contributed by atoms with Crippen molar-refractivity contribution in [1.82, 2.24) is 15.0 Å². The average molecular weight is 141 g/mol. The topological polar surface area (TPSA) is 41.6 Å². The van der Waals surface area contributed by atoms with Crippen molar-refractivity contribution < 1.29 is 0 Å². The van der Waals surface area contributed by atoms with Crippen LogP contribution in [0.5, 0.6) is 0 Å². The molecule has 0 aliphatic carbocycles. The first-order valence-electron chi connectivity index (χ1n) is 2.73. The molecule has 4 heteroatoms. The summed E-state index contributed by atoms with van der Waals surface area (Å²) in [6.07, 6.45) is 2.34. The molecular weight excluding hydrogens is 134 g/mol. The molecule has 0 aliphatic rings. The van der Waals surface area contributed by atoms with Crippen LogP contribution in [0.3, 0.4) is 0 Å². The van der Waals surface area contributed by atoms with E-state index in [4.69, 9.17) is 12.2 Å². The Balaban J connectivity index is 3.08. The summed E-state index contributed by atoms with van der Waals surface area (Å²) in [5.74, 6) is 0.884. The summed E-state index contributed by atoms with van der Waals surface area (Å²) in [5.41, 5.74) is 0. The molecule has 0 radical (unpaired) electrons. The van der Waals surface area contributed by atoms with E-state index in [1.165, 1.54) is 6.33 Å². The molecule has 0 amide bonds. The van der Waals surface area contributed by atoms with Gasteiger partial charge in [-0.2, -0.15) is 0 Å². The second kappa shape index (κ2) is 2.68. The van der Waals surface area contributed by atoms with Crippen molar-refractivity contribution in [3.05, 3.63) is 16.9 Å². The summed E-state index contributed by atoms with van der Waals surface area (Å²) < 4.78 is 0.502. The van der Waals surface area contributed by atoms with Crippen LogP contribution in [0.2, 0.25) is 0 Å².